The molecular formula is C23H40IN5O2. The summed E-state index contributed by atoms with van der Waals surface area (Å²) in [4.78, 5) is 20.9. The van der Waals surface area contributed by atoms with Crippen molar-refractivity contribution in [3.8, 4) is 5.75 Å². The Bertz CT molecular complexity index is 686. The van der Waals surface area contributed by atoms with Crippen LogP contribution in [-0.2, 0) is 11.3 Å². The molecule has 7 nitrogen and oxygen atoms in total. The summed E-state index contributed by atoms with van der Waals surface area (Å²) >= 11 is 0. The molecule has 0 aliphatic heterocycles. The van der Waals surface area contributed by atoms with Crippen molar-refractivity contribution in [3.63, 3.8) is 0 Å². The summed E-state index contributed by atoms with van der Waals surface area (Å²) in [6, 6.07) is 8.14. The molecule has 0 aromatic heterocycles. The molecule has 2 rings (SSSR count). The molecule has 31 heavy (non-hydrogen) atoms. The predicted molar refractivity (Wildman–Crippen MR) is 138 cm³/mol. The van der Waals surface area contributed by atoms with E-state index in [0.717, 1.165) is 62.5 Å². The van der Waals surface area contributed by atoms with Gasteiger partial charge in [0, 0.05) is 40.8 Å². The topological polar surface area (TPSA) is 69.2 Å². The van der Waals surface area contributed by atoms with E-state index in [2.05, 4.69) is 46.8 Å². The zero-order valence-corrected chi connectivity index (χ0v) is 22.1. The van der Waals surface area contributed by atoms with E-state index in [-0.39, 0.29) is 35.3 Å². The maximum absolute atomic E-state index is 12.7. The first-order valence-electron chi connectivity index (χ1n) is 10.9. The van der Waals surface area contributed by atoms with Gasteiger partial charge in [0.25, 0.3) is 0 Å². The van der Waals surface area contributed by atoms with Gasteiger partial charge in [-0.15, -0.1) is 24.0 Å². The van der Waals surface area contributed by atoms with E-state index in [1.54, 1.807) is 11.9 Å². The SMILES string of the molecule is CN=C(NCc1ccc(OCCCN(C)C)cc1)NCC1(C(=O)N(C)C)CCCC1.I. The monoisotopic (exact) mass is 545 g/mol. The summed E-state index contributed by atoms with van der Waals surface area (Å²) in [6.07, 6.45) is 5.10. The van der Waals surface area contributed by atoms with Crippen LogP contribution < -0.4 is 15.4 Å². The summed E-state index contributed by atoms with van der Waals surface area (Å²) in [5.74, 6) is 1.83. The normalized spacial score (nSPS) is 15.4. The maximum Gasteiger partial charge on any atom is 0.230 e. The Balaban J connectivity index is 0.00000480. The zero-order chi connectivity index (χ0) is 22.0. The highest BCUT2D eigenvalue weighted by molar-refractivity contribution is 14.0. The van der Waals surface area contributed by atoms with E-state index < -0.39 is 0 Å². The third-order valence-electron chi connectivity index (χ3n) is 5.64. The summed E-state index contributed by atoms with van der Waals surface area (Å²) < 4.78 is 5.79. The minimum atomic E-state index is -0.313. The Morgan fingerprint density at radius 3 is 2.29 bits per heavy atom. The standard InChI is InChI=1S/C23H39N5O2.HI/c1-24-22(26-18-23(13-6-7-14-23)21(29)28(4)5)25-17-19-9-11-20(12-10-19)30-16-8-15-27(2)3;/h9-12H,6-8,13-18H2,1-5H3,(H2,24,25,26);1H. The lowest BCUT2D eigenvalue weighted by molar-refractivity contribution is -0.138. The molecule has 0 heterocycles. The Labute approximate surface area is 205 Å². The summed E-state index contributed by atoms with van der Waals surface area (Å²) in [5, 5.41) is 6.72. The highest BCUT2D eigenvalue weighted by Gasteiger charge is 2.42. The highest BCUT2D eigenvalue weighted by Crippen LogP contribution is 2.38. The fourth-order valence-corrected chi connectivity index (χ4v) is 3.93. The van der Waals surface area contributed by atoms with Gasteiger partial charge in [-0.05, 0) is 51.1 Å². The first kappa shape index (κ1) is 27.5. The lowest BCUT2D eigenvalue weighted by Crippen LogP contribution is -2.49. The van der Waals surface area contributed by atoms with Crippen molar-refractivity contribution in [1.82, 2.24) is 20.4 Å². The van der Waals surface area contributed by atoms with Crippen molar-refractivity contribution in [2.45, 2.75) is 38.6 Å². The van der Waals surface area contributed by atoms with Gasteiger partial charge in [0.2, 0.25) is 5.91 Å². The molecular weight excluding hydrogens is 505 g/mol. The first-order valence-corrected chi connectivity index (χ1v) is 10.9. The summed E-state index contributed by atoms with van der Waals surface area (Å²) in [7, 11) is 9.57. The fraction of sp³-hybridized carbons (Fsp3) is 0.652. The van der Waals surface area contributed by atoms with Gasteiger partial charge in [-0.25, -0.2) is 0 Å². The Morgan fingerprint density at radius 2 is 1.74 bits per heavy atom. The molecule has 8 heteroatoms. The Hall–Kier alpha value is -1.55. The maximum atomic E-state index is 12.7. The second kappa shape index (κ2) is 13.8. The number of guanidine groups is 1. The van der Waals surface area contributed by atoms with E-state index in [4.69, 9.17) is 4.74 Å². The molecule has 1 aromatic rings. The van der Waals surface area contributed by atoms with Crippen LogP contribution in [0.1, 0.15) is 37.7 Å². The van der Waals surface area contributed by atoms with E-state index in [9.17, 15) is 4.79 Å². The number of amides is 1. The lowest BCUT2D eigenvalue weighted by Gasteiger charge is -2.31. The van der Waals surface area contributed by atoms with Crippen LogP contribution in [0.4, 0.5) is 0 Å². The quantitative estimate of drug-likeness (QED) is 0.205. The van der Waals surface area contributed by atoms with Crippen LogP contribution in [0.5, 0.6) is 5.75 Å². The molecule has 0 spiro atoms. The highest BCUT2D eigenvalue weighted by atomic mass is 127. The number of nitrogens with one attached hydrogen (secondary N) is 2. The number of hydrogen-bond donors (Lipinski definition) is 2. The first-order chi connectivity index (χ1) is 14.4. The number of benzene rings is 1. The third-order valence-corrected chi connectivity index (χ3v) is 5.64. The fourth-order valence-electron chi connectivity index (χ4n) is 3.93. The average Bonchev–Trinajstić information content (AvgIpc) is 3.21. The molecule has 0 atom stereocenters. The van der Waals surface area contributed by atoms with Gasteiger partial charge in [0.1, 0.15) is 5.75 Å². The van der Waals surface area contributed by atoms with Crippen LogP contribution in [0.2, 0.25) is 0 Å². The second-order valence-electron chi connectivity index (χ2n) is 8.62. The lowest BCUT2D eigenvalue weighted by atomic mass is 9.84. The number of halogens is 1. The van der Waals surface area contributed by atoms with E-state index in [1.165, 1.54) is 0 Å². The van der Waals surface area contributed by atoms with Crippen LogP contribution in [0.25, 0.3) is 0 Å². The minimum absolute atomic E-state index is 0. The third kappa shape index (κ3) is 8.84. The van der Waals surface area contributed by atoms with Crippen molar-refractivity contribution >= 4 is 35.8 Å². The van der Waals surface area contributed by atoms with Gasteiger partial charge in [-0.1, -0.05) is 25.0 Å². The van der Waals surface area contributed by atoms with Gasteiger partial charge in [0.05, 0.1) is 12.0 Å². The number of hydrogen-bond acceptors (Lipinski definition) is 4. The number of carbonyl (C=O) groups excluding carboxylic acids is 1. The molecule has 1 aliphatic rings. The molecule has 1 aliphatic carbocycles. The number of nitrogens with zero attached hydrogens (tertiary/aromatic N) is 3. The predicted octanol–water partition coefficient (Wildman–Crippen LogP) is 2.95. The number of carbonyl (C=O) groups is 1. The molecule has 2 N–H and O–H groups in total. The van der Waals surface area contributed by atoms with Gasteiger partial charge in [-0.3, -0.25) is 9.79 Å². The molecule has 1 amide bonds. The van der Waals surface area contributed by atoms with E-state index in [1.807, 2.05) is 26.2 Å². The number of aliphatic imine (C=N–C) groups is 1. The van der Waals surface area contributed by atoms with Crippen molar-refractivity contribution < 1.29 is 9.53 Å². The van der Waals surface area contributed by atoms with Gasteiger partial charge in [0.15, 0.2) is 5.96 Å². The van der Waals surface area contributed by atoms with Crippen LogP contribution in [0, 0.1) is 5.41 Å². The van der Waals surface area contributed by atoms with Crippen molar-refractivity contribution in [2.75, 3.05) is 54.9 Å². The molecule has 1 aromatic carbocycles. The Kier molecular flexibility index (Phi) is 12.2. The zero-order valence-electron chi connectivity index (χ0n) is 19.7. The summed E-state index contributed by atoms with van der Waals surface area (Å²) in [6.45, 7) is 3.02. The smallest absolute Gasteiger partial charge is 0.230 e. The van der Waals surface area contributed by atoms with Gasteiger partial charge < -0.3 is 25.2 Å². The van der Waals surface area contributed by atoms with Crippen molar-refractivity contribution in [1.29, 1.82) is 0 Å². The van der Waals surface area contributed by atoms with Gasteiger partial charge in [-0.2, -0.15) is 0 Å². The largest absolute Gasteiger partial charge is 0.494 e. The average molecular weight is 546 g/mol. The molecule has 1 fully saturated rings. The van der Waals surface area contributed by atoms with Gasteiger partial charge >= 0.3 is 0 Å². The second-order valence-corrected chi connectivity index (χ2v) is 8.62. The van der Waals surface area contributed by atoms with Crippen LogP contribution in [0.15, 0.2) is 29.3 Å². The molecule has 176 valence electrons. The van der Waals surface area contributed by atoms with Crippen molar-refractivity contribution in [2.24, 2.45) is 10.4 Å². The molecule has 0 bridgehead atoms. The van der Waals surface area contributed by atoms with Crippen LogP contribution in [0.3, 0.4) is 0 Å². The van der Waals surface area contributed by atoms with E-state index in [0.29, 0.717) is 13.1 Å². The minimum Gasteiger partial charge on any atom is -0.494 e. The number of rotatable bonds is 10. The van der Waals surface area contributed by atoms with E-state index >= 15 is 0 Å². The van der Waals surface area contributed by atoms with Crippen LogP contribution in [-0.4, -0.2) is 76.6 Å². The number of ether oxygens (including phenoxy) is 1. The van der Waals surface area contributed by atoms with Crippen molar-refractivity contribution in [3.05, 3.63) is 29.8 Å². The van der Waals surface area contributed by atoms with Crippen LogP contribution >= 0.6 is 24.0 Å². The molecule has 1 saturated carbocycles. The summed E-state index contributed by atoms with van der Waals surface area (Å²) in [5.41, 5.74) is 0.839. The molecule has 0 saturated heterocycles. The molecule has 0 unspecified atom stereocenters. The molecule has 0 radical (unpaired) electrons. The Morgan fingerprint density at radius 1 is 1.10 bits per heavy atom.